The predicted octanol–water partition coefficient (Wildman–Crippen LogP) is 0.891. The highest BCUT2D eigenvalue weighted by Gasteiger charge is 2.31. The van der Waals surface area contributed by atoms with E-state index >= 15 is 0 Å². The van der Waals surface area contributed by atoms with Crippen LogP contribution in [0.15, 0.2) is 24.3 Å². The molecule has 0 radical (unpaired) electrons. The van der Waals surface area contributed by atoms with E-state index in [0.717, 1.165) is 18.7 Å². The third-order valence-electron chi connectivity index (χ3n) is 3.74. The van der Waals surface area contributed by atoms with Crippen LogP contribution in [0.3, 0.4) is 0 Å². The van der Waals surface area contributed by atoms with Gasteiger partial charge in [-0.1, -0.05) is 24.3 Å². The number of aliphatic hydroxyl groups is 3. The normalized spacial score (nSPS) is 21.9. The lowest BCUT2D eigenvalue weighted by Crippen LogP contribution is -2.39. The second-order valence-corrected chi connectivity index (χ2v) is 5.38. The lowest BCUT2D eigenvalue weighted by Gasteiger charge is -2.33. The molecule has 1 aliphatic heterocycles. The van der Waals surface area contributed by atoms with Crippen molar-refractivity contribution in [3.63, 3.8) is 0 Å². The van der Waals surface area contributed by atoms with E-state index in [-0.39, 0.29) is 5.88 Å². The molecule has 0 bridgehead atoms. The van der Waals surface area contributed by atoms with Gasteiger partial charge in [0, 0.05) is 0 Å². The molecular formula is C14H20ClNO3. The summed E-state index contributed by atoms with van der Waals surface area (Å²) in [6.07, 6.45) is -0.609. The maximum atomic E-state index is 10.6. The van der Waals surface area contributed by atoms with Crippen molar-refractivity contribution >= 4 is 11.6 Å². The fourth-order valence-corrected chi connectivity index (χ4v) is 2.59. The minimum Gasteiger partial charge on any atom is -0.389 e. The van der Waals surface area contributed by atoms with Gasteiger partial charge in [0.15, 0.2) is 0 Å². The van der Waals surface area contributed by atoms with Gasteiger partial charge in [0.25, 0.3) is 0 Å². The summed E-state index contributed by atoms with van der Waals surface area (Å²) >= 11 is 5.51. The van der Waals surface area contributed by atoms with Crippen LogP contribution >= 0.6 is 11.6 Å². The van der Waals surface area contributed by atoms with Crippen LogP contribution in [0.2, 0.25) is 0 Å². The number of hydrogen-bond acceptors (Lipinski definition) is 4. The fraction of sp³-hybridized carbons (Fsp3) is 0.571. The van der Waals surface area contributed by atoms with Crippen molar-refractivity contribution in [2.45, 2.75) is 30.7 Å². The monoisotopic (exact) mass is 285 g/mol. The van der Waals surface area contributed by atoms with Crippen molar-refractivity contribution in [2.75, 3.05) is 19.0 Å². The first-order chi connectivity index (χ1) is 9.07. The van der Waals surface area contributed by atoms with Crippen LogP contribution in [-0.2, 0) is 5.60 Å². The van der Waals surface area contributed by atoms with Crippen LogP contribution < -0.4 is 5.32 Å². The number of piperidine rings is 1. The van der Waals surface area contributed by atoms with Crippen molar-refractivity contribution in [1.29, 1.82) is 0 Å². The van der Waals surface area contributed by atoms with Crippen molar-refractivity contribution in [3.8, 4) is 0 Å². The Labute approximate surface area is 118 Å². The molecule has 0 spiro atoms. The summed E-state index contributed by atoms with van der Waals surface area (Å²) in [6, 6.07) is 7.08. The maximum absolute atomic E-state index is 10.6. The second-order valence-electron chi connectivity index (χ2n) is 5.07. The van der Waals surface area contributed by atoms with E-state index in [0.29, 0.717) is 18.4 Å². The Balaban J connectivity index is 2.14. The lowest BCUT2D eigenvalue weighted by molar-refractivity contribution is 0.00569. The first-order valence-corrected chi connectivity index (χ1v) is 7.06. The zero-order valence-corrected chi connectivity index (χ0v) is 11.5. The molecule has 1 saturated heterocycles. The van der Waals surface area contributed by atoms with Crippen molar-refractivity contribution in [2.24, 2.45) is 0 Å². The number of rotatable bonds is 4. The summed E-state index contributed by atoms with van der Waals surface area (Å²) < 4.78 is 0. The van der Waals surface area contributed by atoms with E-state index in [1.807, 2.05) is 12.1 Å². The third kappa shape index (κ3) is 3.27. The van der Waals surface area contributed by atoms with Crippen LogP contribution in [-0.4, -0.2) is 40.4 Å². The third-order valence-corrected chi connectivity index (χ3v) is 4.06. The van der Waals surface area contributed by atoms with Crippen LogP contribution in [0.4, 0.5) is 0 Å². The van der Waals surface area contributed by atoms with E-state index in [9.17, 15) is 15.3 Å². The van der Waals surface area contributed by atoms with Gasteiger partial charge >= 0.3 is 0 Å². The maximum Gasteiger partial charge on any atom is 0.106 e. The first-order valence-electron chi connectivity index (χ1n) is 6.52. The summed E-state index contributed by atoms with van der Waals surface area (Å²) in [6.45, 7) is 1.59. The summed E-state index contributed by atoms with van der Waals surface area (Å²) in [5.41, 5.74) is 0.666. The van der Waals surface area contributed by atoms with E-state index in [2.05, 4.69) is 5.32 Å². The van der Waals surface area contributed by atoms with Crippen LogP contribution in [0, 0.1) is 0 Å². The fourth-order valence-electron chi connectivity index (χ4n) is 2.43. The van der Waals surface area contributed by atoms with Gasteiger partial charge in [-0.3, -0.25) is 0 Å². The van der Waals surface area contributed by atoms with E-state index in [1.165, 1.54) is 0 Å². The molecular weight excluding hydrogens is 266 g/mol. The Morgan fingerprint density at radius 3 is 2.26 bits per heavy atom. The smallest absolute Gasteiger partial charge is 0.106 e. The quantitative estimate of drug-likeness (QED) is 0.620. The molecule has 2 unspecified atom stereocenters. The number of alkyl halides is 1. The summed E-state index contributed by atoms with van der Waals surface area (Å²) in [4.78, 5) is 0. The number of benzene rings is 1. The average molecular weight is 286 g/mol. The van der Waals surface area contributed by atoms with Crippen LogP contribution in [0.25, 0.3) is 0 Å². The van der Waals surface area contributed by atoms with E-state index < -0.39 is 17.8 Å². The lowest BCUT2D eigenvalue weighted by atomic mass is 9.84. The number of halogens is 1. The zero-order valence-electron chi connectivity index (χ0n) is 10.7. The van der Waals surface area contributed by atoms with Gasteiger partial charge in [0.05, 0.1) is 17.6 Å². The van der Waals surface area contributed by atoms with E-state index in [4.69, 9.17) is 11.6 Å². The number of hydrogen-bond donors (Lipinski definition) is 4. The Morgan fingerprint density at radius 2 is 1.74 bits per heavy atom. The molecule has 19 heavy (non-hydrogen) atoms. The first kappa shape index (κ1) is 14.8. The molecule has 1 aliphatic rings. The summed E-state index contributed by atoms with van der Waals surface area (Å²) in [7, 11) is 0. The van der Waals surface area contributed by atoms with Crippen molar-refractivity contribution in [1.82, 2.24) is 5.32 Å². The molecule has 4 N–H and O–H groups in total. The van der Waals surface area contributed by atoms with Crippen molar-refractivity contribution < 1.29 is 15.3 Å². The second kappa shape index (κ2) is 6.20. The van der Waals surface area contributed by atoms with Gasteiger partial charge in [-0.05, 0) is 37.1 Å². The molecule has 2 atom stereocenters. The molecule has 1 aromatic carbocycles. The Morgan fingerprint density at radius 1 is 1.16 bits per heavy atom. The van der Waals surface area contributed by atoms with Crippen LogP contribution in [0.1, 0.15) is 30.1 Å². The van der Waals surface area contributed by atoms with Gasteiger partial charge in [0.2, 0.25) is 0 Å². The highest BCUT2D eigenvalue weighted by atomic mass is 35.5. The molecule has 0 aliphatic carbocycles. The number of aliphatic hydroxyl groups excluding tert-OH is 2. The molecule has 106 valence electrons. The zero-order chi connectivity index (χ0) is 13.9. The molecule has 2 rings (SSSR count). The minimum absolute atomic E-state index is 0.0154. The van der Waals surface area contributed by atoms with E-state index in [1.54, 1.807) is 12.1 Å². The SMILES string of the molecule is OC(CCl)C(O)c1ccc(C2(O)CCNCC2)cc1. The average Bonchev–Trinajstić information content (AvgIpc) is 2.46. The number of nitrogens with one attached hydrogen (secondary N) is 1. The molecule has 5 heteroatoms. The van der Waals surface area contributed by atoms with Crippen LogP contribution in [0.5, 0.6) is 0 Å². The van der Waals surface area contributed by atoms with Gasteiger partial charge in [0.1, 0.15) is 6.10 Å². The predicted molar refractivity (Wildman–Crippen MR) is 74.1 cm³/mol. The molecule has 1 fully saturated rings. The summed E-state index contributed by atoms with van der Waals surface area (Å²) in [5.74, 6) is -0.0154. The summed E-state index contributed by atoms with van der Waals surface area (Å²) in [5, 5.41) is 33.1. The molecule has 1 aromatic rings. The highest BCUT2D eigenvalue weighted by molar-refractivity contribution is 6.18. The minimum atomic E-state index is -0.991. The molecule has 0 amide bonds. The van der Waals surface area contributed by atoms with Gasteiger partial charge in [-0.2, -0.15) is 0 Å². The van der Waals surface area contributed by atoms with Gasteiger partial charge in [-0.15, -0.1) is 11.6 Å². The molecule has 4 nitrogen and oxygen atoms in total. The highest BCUT2D eigenvalue weighted by Crippen LogP contribution is 2.31. The molecule has 0 saturated carbocycles. The largest absolute Gasteiger partial charge is 0.389 e. The van der Waals surface area contributed by atoms with Gasteiger partial charge in [-0.25, -0.2) is 0 Å². The standard InChI is InChI=1S/C14H20ClNO3/c15-9-12(17)13(18)10-1-3-11(4-2-10)14(19)5-7-16-8-6-14/h1-4,12-13,16-19H,5-9H2. The van der Waals surface area contributed by atoms with Gasteiger partial charge < -0.3 is 20.6 Å². The Bertz CT molecular complexity index is 404. The molecule has 0 aromatic heterocycles. The topological polar surface area (TPSA) is 72.7 Å². The molecule has 1 heterocycles. The Hall–Kier alpha value is -0.650. The Kier molecular flexibility index (Phi) is 4.81. The van der Waals surface area contributed by atoms with Crippen molar-refractivity contribution in [3.05, 3.63) is 35.4 Å².